The van der Waals surface area contributed by atoms with E-state index in [1.807, 2.05) is 91.0 Å². The molecule has 3 aromatic rings. The predicted molar refractivity (Wildman–Crippen MR) is 121 cm³/mol. The molecule has 1 aliphatic heterocycles. The highest BCUT2D eigenvalue weighted by molar-refractivity contribution is 5.79. The van der Waals surface area contributed by atoms with Crippen LogP contribution in [0.15, 0.2) is 91.0 Å². The van der Waals surface area contributed by atoms with E-state index in [-0.39, 0.29) is 26.4 Å². The molecular weight excluding hydrogens is 423 g/mol. The van der Waals surface area contributed by atoms with Crippen LogP contribution in [0.1, 0.15) is 16.7 Å². The standard InChI is InChI=1S/C27H27FO5/c28-19-27(20-30-16-21-10-4-1-5-11-21)25(32-18-23-14-8-3-9-15-23)24(26(29)33-27)31-17-22-12-6-2-7-13-22/h1-15,24-25H,16-20H2/t24-,25+,27-/m1/s1. The number of carbonyl (C=O) groups is 1. The van der Waals surface area contributed by atoms with Crippen molar-refractivity contribution in [3.05, 3.63) is 108 Å². The van der Waals surface area contributed by atoms with Crippen LogP contribution in [-0.2, 0) is 43.6 Å². The highest BCUT2D eigenvalue weighted by atomic mass is 19.1. The lowest BCUT2D eigenvalue weighted by atomic mass is 9.97. The molecule has 0 aliphatic carbocycles. The van der Waals surface area contributed by atoms with E-state index in [2.05, 4.69) is 0 Å². The Bertz CT molecular complexity index is 999. The van der Waals surface area contributed by atoms with Gasteiger partial charge in [0.15, 0.2) is 11.7 Å². The van der Waals surface area contributed by atoms with Crippen LogP contribution in [-0.4, -0.2) is 37.1 Å². The van der Waals surface area contributed by atoms with Gasteiger partial charge in [0.1, 0.15) is 12.8 Å². The van der Waals surface area contributed by atoms with E-state index in [4.69, 9.17) is 18.9 Å². The molecule has 3 atom stereocenters. The summed E-state index contributed by atoms with van der Waals surface area (Å²) in [6.07, 6.45) is -2.03. The molecule has 3 aromatic carbocycles. The molecule has 33 heavy (non-hydrogen) atoms. The Morgan fingerprint density at radius 1 is 0.727 bits per heavy atom. The number of halogens is 1. The third-order valence-electron chi connectivity index (χ3n) is 5.56. The minimum atomic E-state index is -1.58. The van der Waals surface area contributed by atoms with E-state index < -0.39 is 30.5 Å². The Balaban J connectivity index is 1.49. The number of carbonyl (C=O) groups excluding carboxylic acids is 1. The second kappa shape index (κ2) is 11.2. The van der Waals surface area contributed by atoms with E-state index in [0.717, 1.165) is 16.7 Å². The van der Waals surface area contributed by atoms with Gasteiger partial charge in [-0.3, -0.25) is 0 Å². The number of esters is 1. The van der Waals surface area contributed by atoms with Gasteiger partial charge in [-0.25, -0.2) is 9.18 Å². The highest BCUT2D eigenvalue weighted by Gasteiger charge is 2.58. The monoisotopic (exact) mass is 450 g/mol. The molecule has 0 bridgehead atoms. The predicted octanol–water partition coefficient (Wildman–Crippen LogP) is 4.64. The third-order valence-corrected chi connectivity index (χ3v) is 5.56. The average Bonchev–Trinajstić information content (AvgIpc) is 3.14. The van der Waals surface area contributed by atoms with Crippen molar-refractivity contribution in [2.24, 2.45) is 0 Å². The lowest BCUT2D eigenvalue weighted by Gasteiger charge is -2.31. The average molecular weight is 451 g/mol. The van der Waals surface area contributed by atoms with E-state index in [0.29, 0.717) is 0 Å². The summed E-state index contributed by atoms with van der Waals surface area (Å²) < 4.78 is 37.8. The Morgan fingerprint density at radius 3 is 1.73 bits per heavy atom. The maximum absolute atomic E-state index is 14.5. The Hall–Kier alpha value is -3.06. The number of hydrogen-bond donors (Lipinski definition) is 0. The van der Waals surface area contributed by atoms with E-state index in [1.54, 1.807) is 0 Å². The van der Waals surface area contributed by atoms with Gasteiger partial charge >= 0.3 is 5.97 Å². The van der Waals surface area contributed by atoms with Crippen molar-refractivity contribution < 1.29 is 28.1 Å². The van der Waals surface area contributed by atoms with Gasteiger partial charge in [0.2, 0.25) is 0 Å². The zero-order valence-electron chi connectivity index (χ0n) is 18.3. The molecule has 0 saturated carbocycles. The Kier molecular flexibility index (Phi) is 7.83. The van der Waals surface area contributed by atoms with Crippen molar-refractivity contribution in [1.29, 1.82) is 0 Å². The van der Waals surface area contributed by atoms with Gasteiger partial charge in [-0.1, -0.05) is 91.0 Å². The van der Waals surface area contributed by atoms with Gasteiger partial charge in [-0.15, -0.1) is 0 Å². The Labute approximate surface area is 193 Å². The first kappa shape index (κ1) is 23.1. The summed E-state index contributed by atoms with van der Waals surface area (Å²) >= 11 is 0. The van der Waals surface area contributed by atoms with Gasteiger partial charge in [-0.05, 0) is 16.7 Å². The molecule has 0 amide bonds. The SMILES string of the molecule is O=C1O[C@](CF)(COCc2ccccc2)[C@@H](OCc2ccccc2)[C@H]1OCc1ccccc1. The molecule has 172 valence electrons. The van der Waals surface area contributed by atoms with Gasteiger partial charge in [0.25, 0.3) is 0 Å². The molecule has 0 radical (unpaired) electrons. The summed E-state index contributed by atoms with van der Waals surface area (Å²) in [5.74, 6) is -0.648. The second-order valence-electron chi connectivity index (χ2n) is 8.03. The summed E-state index contributed by atoms with van der Waals surface area (Å²) in [6.45, 7) is -0.457. The molecule has 4 rings (SSSR count). The van der Waals surface area contributed by atoms with Gasteiger partial charge in [0.05, 0.1) is 26.4 Å². The first-order valence-corrected chi connectivity index (χ1v) is 10.9. The fourth-order valence-electron chi connectivity index (χ4n) is 3.80. The number of cyclic esters (lactones) is 1. The molecule has 1 heterocycles. The normalized spacial score (nSPS) is 22.3. The molecule has 1 saturated heterocycles. The minimum Gasteiger partial charge on any atom is -0.449 e. The second-order valence-corrected chi connectivity index (χ2v) is 8.03. The summed E-state index contributed by atoms with van der Waals surface area (Å²) in [6, 6.07) is 28.5. The number of rotatable bonds is 11. The third kappa shape index (κ3) is 5.85. The molecule has 1 fully saturated rings. The molecule has 6 heteroatoms. The van der Waals surface area contributed by atoms with Crippen molar-refractivity contribution in [3.8, 4) is 0 Å². The van der Waals surface area contributed by atoms with Crippen molar-refractivity contribution in [3.63, 3.8) is 0 Å². The molecule has 5 nitrogen and oxygen atoms in total. The summed E-state index contributed by atoms with van der Waals surface area (Å²) in [7, 11) is 0. The number of benzene rings is 3. The van der Waals surface area contributed by atoms with Crippen LogP contribution in [0.5, 0.6) is 0 Å². The minimum absolute atomic E-state index is 0.144. The zero-order chi connectivity index (χ0) is 22.9. The van der Waals surface area contributed by atoms with Crippen molar-refractivity contribution in [2.75, 3.05) is 13.3 Å². The van der Waals surface area contributed by atoms with Crippen LogP contribution >= 0.6 is 0 Å². The van der Waals surface area contributed by atoms with Gasteiger partial charge in [0, 0.05) is 0 Å². The van der Waals surface area contributed by atoms with Crippen molar-refractivity contribution >= 4 is 5.97 Å². The van der Waals surface area contributed by atoms with Crippen LogP contribution in [0.25, 0.3) is 0 Å². The highest BCUT2D eigenvalue weighted by Crippen LogP contribution is 2.34. The molecule has 0 unspecified atom stereocenters. The van der Waals surface area contributed by atoms with Crippen molar-refractivity contribution in [2.45, 2.75) is 37.6 Å². The van der Waals surface area contributed by atoms with E-state index in [9.17, 15) is 9.18 Å². The van der Waals surface area contributed by atoms with Crippen LogP contribution in [0.4, 0.5) is 4.39 Å². The summed E-state index contributed by atoms with van der Waals surface area (Å²) in [4.78, 5) is 12.8. The first-order chi connectivity index (χ1) is 16.2. The topological polar surface area (TPSA) is 54.0 Å². The number of hydrogen-bond acceptors (Lipinski definition) is 5. The zero-order valence-corrected chi connectivity index (χ0v) is 18.3. The quantitative estimate of drug-likeness (QED) is 0.399. The van der Waals surface area contributed by atoms with Crippen LogP contribution in [0.3, 0.4) is 0 Å². The molecule has 0 aromatic heterocycles. The Morgan fingerprint density at radius 2 is 1.21 bits per heavy atom. The van der Waals surface area contributed by atoms with Crippen LogP contribution in [0, 0.1) is 0 Å². The maximum Gasteiger partial charge on any atom is 0.339 e. The lowest BCUT2D eigenvalue weighted by Crippen LogP contribution is -2.50. The largest absolute Gasteiger partial charge is 0.449 e. The van der Waals surface area contributed by atoms with Gasteiger partial charge < -0.3 is 18.9 Å². The van der Waals surface area contributed by atoms with Crippen molar-refractivity contribution in [1.82, 2.24) is 0 Å². The van der Waals surface area contributed by atoms with Gasteiger partial charge in [-0.2, -0.15) is 0 Å². The molecule has 0 spiro atoms. The van der Waals surface area contributed by atoms with E-state index in [1.165, 1.54) is 0 Å². The lowest BCUT2D eigenvalue weighted by molar-refractivity contribution is -0.167. The summed E-state index contributed by atoms with van der Waals surface area (Å²) in [5.41, 5.74) is 1.15. The smallest absolute Gasteiger partial charge is 0.339 e. The maximum atomic E-state index is 14.5. The first-order valence-electron chi connectivity index (χ1n) is 10.9. The fourth-order valence-corrected chi connectivity index (χ4v) is 3.80. The number of alkyl halides is 1. The fraction of sp³-hybridized carbons (Fsp3) is 0.296. The summed E-state index contributed by atoms with van der Waals surface area (Å²) in [5, 5.41) is 0. The van der Waals surface area contributed by atoms with Crippen LogP contribution in [0.2, 0.25) is 0 Å². The van der Waals surface area contributed by atoms with Crippen LogP contribution < -0.4 is 0 Å². The molecule has 1 aliphatic rings. The molecule has 0 N–H and O–H groups in total. The van der Waals surface area contributed by atoms with E-state index >= 15 is 0 Å². The number of ether oxygens (including phenoxy) is 4. The molecular formula is C27H27FO5.